The molecule has 1 rings (SSSR count). The number of aliphatic hydroxyl groups is 1. The Balaban J connectivity index is 2.90. The van der Waals surface area contributed by atoms with E-state index in [0.29, 0.717) is 6.42 Å². The van der Waals surface area contributed by atoms with E-state index >= 15 is 0 Å². The van der Waals surface area contributed by atoms with Crippen LogP contribution in [0.2, 0.25) is 0 Å². The Morgan fingerprint density at radius 2 is 1.85 bits per heavy atom. The summed E-state index contributed by atoms with van der Waals surface area (Å²) in [6, 6.07) is 2.41. The van der Waals surface area contributed by atoms with Gasteiger partial charge in [-0.25, -0.2) is 4.39 Å². The first-order chi connectivity index (χ1) is 6.16. The number of aryl methyl sites for hydroxylation is 1. The molecule has 1 aromatic rings. The molecule has 0 fully saturated rings. The van der Waals surface area contributed by atoms with Crippen molar-refractivity contribution in [3.8, 4) is 5.75 Å². The number of hydrogen-bond acceptors (Lipinski definition) is 2. The second-order valence-electron chi connectivity index (χ2n) is 2.70. The van der Waals surface area contributed by atoms with Gasteiger partial charge in [-0.2, -0.15) is 4.39 Å². The molecular weight excluding hydrogens is 178 g/mol. The second kappa shape index (κ2) is 4.18. The van der Waals surface area contributed by atoms with Crippen LogP contribution in [-0.4, -0.2) is 16.8 Å². The summed E-state index contributed by atoms with van der Waals surface area (Å²) in [5.74, 6) is -2.95. The highest BCUT2D eigenvalue weighted by Gasteiger charge is 2.11. The molecule has 0 saturated heterocycles. The van der Waals surface area contributed by atoms with Crippen LogP contribution in [0.25, 0.3) is 0 Å². The van der Waals surface area contributed by atoms with Gasteiger partial charge in [-0.1, -0.05) is 6.07 Å². The van der Waals surface area contributed by atoms with Crippen molar-refractivity contribution in [3.05, 3.63) is 29.3 Å². The molecule has 0 bridgehead atoms. The van der Waals surface area contributed by atoms with Crippen molar-refractivity contribution < 1.29 is 19.0 Å². The molecule has 1 aromatic carbocycles. The molecule has 2 nitrogen and oxygen atoms in total. The van der Waals surface area contributed by atoms with Gasteiger partial charge in [0.15, 0.2) is 11.6 Å². The smallest absolute Gasteiger partial charge is 0.200 e. The summed E-state index contributed by atoms with van der Waals surface area (Å²) in [4.78, 5) is 0. The maximum absolute atomic E-state index is 13.0. The lowest BCUT2D eigenvalue weighted by Gasteiger charge is -2.03. The molecule has 0 unspecified atom stereocenters. The lowest BCUT2D eigenvalue weighted by atomic mass is 10.1. The van der Waals surface area contributed by atoms with Crippen LogP contribution in [0.4, 0.5) is 8.78 Å². The summed E-state index contributed by atoms with van der Waals surface area (Å²) in [6.07, 6.45) is 0.640. The third-order valence-corrected chi connectivity index (χ3v) is 1.75. The minimum atomic E-state index is -1.23. The predicted molar refractivity (Wildman–Crippen MR) is 43.4 cm³/mol. The maximum Gasteiger partial charge on any atom is 0.200 e. The quantitative estimate of drug-likeness (QED) is 0.756. The Labute approximate surface area is 74.4 Å². The fourth-order valence-corrected chi connectivity index (χ4v) is 1.04. The number of hydrogen-bond donors (Lipinski definition) is 2. The number of phenols is 1. The number of aliphatic hydroxyl groups excluding tert-OH is 1. The van der Waals surface area contributed by atoms with E-state index in [-0.39, 0.29) is 18.6 Å². The normalized spacial score (nSPS) is 10.4. The molecule has 0 aliphatic heterocycles. The first-order valence-electron chi connectivity index (χ1n) is 3.93. The van der Waals surface area contributed by atoms with Crippen molar-refractivity contribution in [1.82, 2.24) is 0 Å². The number of benzene rings is 1. The molecule has 0 atom stereocenters. The number of rotatable bonds is 3. The van der Waals surface area contributed by atoms with E-state index in [4.69, 9.17) is 10.2 Å². The van der Waals surface area contributed by atoms with E-state index < -0.39 is 17.4 Å². The molecule has 0 aliphatic carbocycles. The van der Waals surface area contributed by atoms with Gasteiger partial charge >= 0.3 is 0 Å². The highest BCUT2D eigenvalue weighted by Crippen LogP contribution is 2.21. The van der Waals surface area contributed by atoms with Crippen molar-refractivity contribution in [1.29, 1.82) is 0 Å². The topological polar surface area (TPSA) is 40.5 Å². The monoisotopic (exact) mass is 188 g/mol. The van der Waals surface area contributed by atoms with Crippen LogP contribution in [-0.2, 0) is 6.42 Å². The molecule has 0 amide bonds. The van der Waals surface area contributed by atoms with Crippen LogP contribution >= 0.6 is 0 Å². The number of halogens is 2. The fourth-order valence-electron chi connectivity index (χ4n) is 1.04. The summed E-state index contributed by atoms with van der Waals surface area (Å²) < 4.78 is 25.7. The molecule has 72 valence electrons. The highest BCUT2D eigenvalue weighted by atomic mass is 19.2. The second-order valence-corrected chi connectivity index (χ2v) is 2.70. The van der Waals surface area contributed by atoms with Gasteiger partial charge < -0.3 is 10.2 Å². The molecule has 0 aliphatic rings. The molecule has 0 radical (unpaired) electrons. The van der Waals surface area contributed by atoms with Crippen LogP contribution in [0, 0.1) is 11.6 Å². The molecule has 13 heavy (non-hydrogen) atoms. The van der Waals surface area contributed by atoms with Gasteiger partial charge in [0.1, 0.15) is 0 Å². The molecule has 0 saturated carbocycles. The standard InChI is InChI=1S/C9H10F2O2/c10-8-6(2-1-5-12)3-4-7(13)9(8)11/h3-4,12-13H,1-2,5H2. The summed E-state index contributed by atoms with van der Waals surface area (Å²) >= 11 is 0. The third-order valence-electron chi connectivity index (χ3n) is 1.75. The SMILES string of the molecule is OCCCc1ccc(O)c(F)c1F. The average molecular weight is 188 g/mol. The zero-order chi connectivity index (χ0) is 9.84. The first kappa shape index (κ1) is 9.92. The van der Waals surface area contributed by atoms with Crippen LogP contribution in [0.15, 0.2) is 12.1 Å². The van der Waals surface area contributed by atoms with E-state index in [0.717, 1.165) is 6.07 Å². The lowest BCUT2D eigenvalue weighted by molar-refractivity contribution is 0.287. The Morgan fingerprint density at radius 1 is 1.15 bits per heavy atom. The average Bonchev–Trinajstić information content (AvgIpc) is 2.13. The fraction of sp³-hybridized carbons (Fsp3) is 0.333. The van der Waals surface area contributed by atoms with Crippen LogP contribution < -0.4 is 0 Å². The maximum atomic E-state index is 13.0. The van der Waals surface area contributed by atoms with Gasteiger partial charge in [0.05, 0.1) is 0 Å². The van der Waals surface area contributed by atoms with Crippen LogP contribution in [0.1, 0.15) is 12.0 Å². The van der Waals surface area contributed by atoms with Gasteiger partial charge in [0.2, 0.25) is 5.82 Å². The minimum Gasteiger partial charge on any atom is -0.505 e. The lowest BCUT2D eigenvalue weighted by Crippen LogP contribution is -1.96. The van der Waals surface area contributed by atoms with E-state index in [1.165, 1.54) is 6.07 Å². The first-order valence-corrected chi connectivity index (χ1v) is 3.93. The minimum absolute atomic E-state index is 0.0675. The van der Waals surface area contributed by atoms with Crippen molar-refractivity contribution in [3.63, 3.8) is 0 Å². The van der Waals surface area contributed by atoms with Gasteiger partial charge in [-0.15, -0.1) is 0 Å². The van der Waals surface area contributed by atoms with Crippen LogP contribution in [0.5, 0.6) is 5.75 Å². The summed E-state index contributed by atoms with van der Waals surface area (Å²) in [7, 11) is 0. The van der Waals surface area contributed by atoms with Gasteiger partial charge in [0, 0.05) is 6.61 Å². The molecular formula is C9H10F2O2. The number of phenolic OH excluding ortho intramolecular Hbond substituents is 1. The Kier molecular flexibility index (Phi) is 3.19. The van der Waals surface area contributed by atoms with Gasteiger partial charge in [-0.05, 0) is 24.5 Å². The molecule has 2 N–H and O–H groups in total. The van der Waals surface area contributed by atoms with Crippen molar-refractivity contribution in [2.24, 2.45) is 0 Å². The van der Waals surface area contributed by atoms with E-state index in [1.54, 1.807) is 0 Å². The predicted octanol–water partition coefficient (Wildman–Crippen LogP) is 1.60. The van der Waals surface area contributed by atoms with Crippen molar-refractivity contribution in [2.45, 2.75) is 12.8 Å². The Bertz CT molecular complexity index is 300. The largest absolute Gasteiger partial charge is 0.505 e. The Hall–Kier alpha value is -1.16. The zero-order valence-electron chi connectivity index (χ0n) is 6.93. The van der Waals surface area contributed by atoms with E-state index in [2.05, 4.69) is 0 Å². The zero-order valence-corrected chi connectivity index (χ0v) is 6.93. The molecule has 4 heteroatoms. The van der Waals surface area contributed by atoms with Crippen molar-refractivity contribution in [2.75, 3.05) is 6.61 Å². The number of aromatic hydroxyl groups is 1. The molecule has 0 spiro atoms. The van der Waals surface area contributed by atoms with Gasteiger partial charge in [0.25, 0.3) is 0 Å². The van der Waals surface area contributed by atoms with E-state index in [9.17, 15) is 8.78 Å². The molecule has 0 heterocycles. The Morgan fingerprint density at radius 3 is 2.46 bits per heavy atom. The highest BCUT2D eigenvalue weighted by molar-refractivity contribution is 5.29. The summed E-state index contributed by atoms with van der Waals surface area (Å²) in [5.41, 5.74) is 0.171. The van der Waals surface area contributed by atoms with Crippen LogP contribution in [0.3, 0.4) is 0 Å². The van der Waals surface area contributed by atoms with Gasteiger partial charge in [-0.3, -0.25) is 0 Å². The van der Waals surface area contributed by atoms with E-state index in [1.807, 2.05) is 0 Å². The summed E-state index contributed by atoms with van der Waals surface area (Å²) in [6.45, 7) is -0.0675. The third kappa shape index (κ3) is 2.15. The summed E-state index contributed by atoms with van der Waals surface area (Å²) in [5, 5.41) is 17.3. The molecule has 0 aromatic heterocycles. The van der Waals surface area contributed by atoms with Crippen molar-refractivity contribution >= 4 is 0 Å².